The molecule has 2 aromatic rings. The van der Waals surface area contributed by atoms with E-state index in [1.807, 2.05) is 0 Å². The van der Waals surface area contributed by atoms with Gasteiger partial charge >= 0.3 is 5.97 Å². The Morgan fingerprint density at radius 1 is 1.48 bits per heavy atom. The van der Waals surface area contributed by atoms with Crippen LogP contribution in [0.2, 0.25) is 5.15 Å². The van der Waals surface area contributed by atoms with Gasteiger partial charge in [0, 0.05) is 6.07 Å². The number of halogens is 1. The van der Waals surface area contributed by atoms with Crippen LogP contribution in [-0.2, 0) is 4.74 Å². The molecule has 0 aliphatic rings. The molecule has 21 heavy (non-hydrogen) atoms. The number of hydrogen-bond donors (Lipinski definition) is 0. The fraction of sp³-hybridized carbons (Fsp3) is 0.167. The van der Waals surface area contributed by atoms with Crippen LogP contribution in [0, 0.1) is 17.0 Å². The van der Waals surface area contributed by atoms with Crippen molar-refractivity contribution in [2.75, 3.05) is 7.11 Å². The van der Waals surface area contributed by atoms with Crippen LogP contribution < -0.4 is 4.74 Å². The molecule has 0 aliphatic heterocycles. The number of nitro groups is 1. The number of esters is 1. The van der Waals surface area contributed by atoms with Crippen molar-refractivity contribution in [3.63, 3.8) is 0 Å². The Labute approximate surface area is 128 Å². The highest BCUT2D eigenvalue weighted by Crippen LogP contribution is 2.34. The zero-order chi connectivity index (χ0) is 15.6. The van der Waals surface area contributed by atoms with Crippen LogP contribution in [0.4, 0.5) is 5.69 Å². The molecule has 0 N–H and O–H groups in total. The van der Waals surface area contributed by atoms with E-state index in [0.29, 0.717) is 5.56 Å². The highest BCUT2D eigenvalue weighted by atomic mass is 35.5. The van der Waals surface area contributed by atoms with Crippen molar-refractivity contribution in [2.45, 2.75) is 6.92 Å². The van der Waals surface area contributed by atoms with Gasteiger partial charge in [0.2, 0.25) is 0 Å². The maximum Gasteiger partial charge on any atom is 0.351 e. The second-order valence-electron chi connectivity index (χ2n) is 3.90. The minimum absolute atomic E-state index is 0.0371. The van der Waals surface area contributed by atoms with Gasteiger partial charge in [-0.1, -0.05) is 22.9 Å². The van der Waals surface area contributed by atoms with Crippen molar-refractivity contribution >= 4 is 34.6 Å². The van der Waals surface area contributed by atoms with E-state index in [4.69, 9.17) is 16.3 Å². The predicted octanol–water partition coefficient (Wildman–Crippen LogP) is 3.59. The maximum atomic E-state index is 11.4. The highest BCUT2D eigenvalue weighted by Gasteiger charge is 2.19. The first-order chi connectivity index (χ1) is 9.92. The second kappa shape index (κ2) is 6.06. The van der Waals surface area contributed by atoms with Crippen molar-refractivity contribution in [3.8, 4) is 10.9 Å². The molecule has 1 aromatic carbocycles. The first-order valence-electron chi connectivity index (χ1n) is 5.60. The molecule has 0 spiro atoms. The van der Waals surface area contributed by atoms with E-state index < -0.39 is 10.9 Å². The van der Waals surface area contributed by atoms with Crippen LogP contribution in [0.25, 0.3) is 0 Å². The van der Waals surface area contributed by atoms with Crippen LogP contribution in [0.1, 0.15) is 15.2 Å². The zero-order valence-corrected chi connectivity index (χ0v) is 12.5. The van der Waals surface area contributed by atoms with Gasteiger partial charge < -0.3 is 9.47 Å². The lowest BCUT2D eigenvalue weighted by molar-refractivity contribution is -0.384. The summed E-state index contributed by atoms with van der Waals surface area (Å²) in [6, 6.07) is 4.21. The number of aryl methyl sites for hydroxylation is 1. The van der Waals surface area contributed by atoms with Gasteiger partial charge in [-0.25, -0.2) is 4.79 Å². The fourth-order valence-corrected chi connectivity index (χ4v) is 2.51. The molecule has 0 atom stereocenters. The molecule has 1 heterocycles. The molecular weight excluding hydrogens is 320 g/mol. The Kier molecular flexibility index (Phi) is 4.39. The Bertz CT molecular complexity index is 716. The van der Waals surface area contributed by atoms with E-state index in [0.717, 1.165) is 11.3 Å². The standard InChI is InChI=1S/C12H9ClN2O5S/c1-6-3-4-7(15(17)18)5-8(6)20-12-14-10(13)9(21-12)11(16)19-2/h3-5H,1-2H3. The number of hydrogen-bond acceptors (Lipinski definition) is 7. The molecular formula is C12H9ClN2O5S. The number of non-ortho nitro benzene ring substituents is 1. The van der Waals surface area contributed by atoms with Gasteiger partial charge in [-0.3, -0.25) is 10.1 Å². The number of ether oxygens (including phenoxy) is 2. The lowest BCUT2D eigenvalue weighted by Gasteiger charge is -2.04. The molecule has 7 nitrogen and oxygen atoms in total. The molecule has 0 saturated carbocycles. The third-order valence-electron chi connectivity index (χ3n) is 2.52. The normalized spacial score (nSPS) is 10.2. The molecule has 0 saturated heterocycles. The lowest BCUT2D eigenvalue weighted by atomic mass is 10.2. The number of aromatic nitrogens is 1. The van der Waals surface area contributed by atoms with Gasteiger partial charge in [0.15, 0.2) is 10.0 Å². The van der Waals surface area contributed by atoms with E-state index in [1.165, 1.54) is 19.2 Å². The minimum Gasteiger partial charge on any atom is -0.465 e. The maximum absolute atomic E-state index is 11.4. The Morgan fingerprint density at radius 2 is 2.19 bits per heavy atom. The molecule has 110 valence electrons. The molecule has 0 radical (unpaired) electrons. The van der Waals surface area contributed by atoms with Crippen molar-refractivity contribution < 1.29 is 19.2 Å². The minimum atomic E-state index is -0.622. The van der Waals surface area contributed by atoms with E-state index in [1.54, 1.807) is 13.0 Å². The first-order valence-corrected chi connectivity index (χ1v) is 6.79. The number of carbonyl (C=O) groups is 1. The Balaban J connectivity index is 2.32. The zero-order valence-electron chi connectivity index (χ0n) is 11.0. The van der Waals surface area contributed by atoms with Crippen molar-refractivity contribution in [1.29, 1.82) is 0 Å². The number of benzene rings is 1. The smallest absolute Gasteiger partial charge is 0.351 e. The van der Waals surface area contributed by atoms with Crippen LogP contribution in [0.5, 0.6) is 10.9 Å². The first kappa shape index (κ1) is 15.2. The summed E-state index contributed by atoms with van der Waals surface area (Å²) in [5.41, 5.74) is 0.581. The monoisotopic (exact) mass is 328 g/mol. The summed E-state index contributed by atoms with van der Waals surface area (Å²) in [5, 5.41) is 10.8. The van der Waals surface area contributed by atoms with Gasteiger partial charge in [0.25, 0.3) is 10.9 Å². The molecule has 0 fully saturated rings. The van der Waals surface area contributed by atoms with Gasteiger partial charge in [-0.05, 0) is 18.6 Å². The lowest BCUT2D eigenvalue weighted by Crippen LogP contribution is -1.98. The summed E-state index contributed by atoms with van der Waals surface area (Å²) in [6.07, 6.45) is 0. The van der Waals surface area contributed by atoms with Crippen molar-refractivity contribution in [3.05, 3.63) is 43.9 Å². The summed E-state index contributed by atoms with van der Waals surface area (Å²) < 4.78 is 10.0. The Morgan fingerprint density at radius 3 is 2.81 bits per heavy atom. The van der Waals surface area contributed by atoms with Gasteiger partial charge in [0.1, 0.15) is 5.75 Å². The van der Waals surface area contributed by atoms with Crippen LogP contribution in [0.15, 0.2) is 18.2 Å². The second-order valence-corrected chi connectivity index (χ2v) is 5.22. The van der Waals surface area contributed by atoms with E-state index >= 15 is 0 Å². The van der Waals surface area contributed by atoms with Gasteiger partial charge in [-0.15, -0.1) is 0 Å². The fourth-order valence-electron chi connectivity index (χ4n) is 1.45. The topological polar surface area (TPSA) is 91.6 Å². The van der Waals surface area contributed by atoms with Gasteiger partial charge in [0.05, 0.1) is 18.1 Å². The SMILES string of the molecule is COC(=O)c1sc(Oc2cc([N+](=O)[O-])ccc2C)nc1Cl. The molecule has 1 aromatic heterocycles. The molecule has 0 unspecified atom stereocenters. The number of nitro benzene ring substituents is 1. The summed E-state index contributed by atoms with van der Waals surface area (Å²) in [6.45, 7) is 1.73. The summed E-state index contributed by atoms with van der Waals surface area (Å²) in [7, 11) is 1.23. The van der Waals surface area contributed by atoms with E-state index in [9.17, 15) is 14.9 Å². The number of nitrogens with zero attached hydrogens (tertiary/aromatic N) is 2. The summed E-state index contributed by atoms with van der Waals surface area (Å²) in [5.74, 6) is -0.353. The number of methoxy groups -OCH3 is 1. The van der Waals surface area contributed by atoms with Crippen LogP contribution >= 0.6 is 22.9 Å². The van der Waals surface area contributed by atoms with Gasteiger partial charge in [-0.2, -0.15) is 4.98 Å². The van der Waals surface area contributed by atoms with E-state index in [-0.39, 0.29) is 26.7 Å². The van der Waals surface area contributed by atoms with E-state index in [2.05, 4.69) is 9.72 Å². The average molecular weight is 329 g/mol. The summed E-state index contributed by atoms with van der Waals surface area (Å²) in [4.78, 5) is 25.7. The molecule has 0 aliphatic carbocycles. The van der Waals surface area contributed by atoms with Crippen LogP contribution in [0.3, 0.4) is 0 Å². The van der Waals surface area contributed by atoms with Crippen molar-refractivity contribution in [2.24, 2.45) is 0 Å². The largest absolute Gasteiger partial charge is 0.465 e. The Hall–Kier alpha value is -2.19. The molecule has 0 bridgehead atoms. The number of rotatable bonds is 4. The molecule has 9 heteroatoms. The number of carbonyl (C=O) groups excluding carboxylic acids is 1. The number of thiazole rings is 1. The average Bonchev–Trinajstić information content (AvgIpc) is 2.81. The predicted molar refractivity (Wildman–Crippen MR) is 76.4 cm³/mol. The van der Waals surface area contributed by atoms with Crippen molar-refractivity contribution in [1.82, 2.24) is 4.98 Å². The highest BCUT2D eigenvalue weighted by molar-refractivity contribution is 7.15. The molecule has 2 rings (SSSR count). The third kappa shape index (κ3) is 3.29. The van der Waals surface area contributed by atoms with Crippen LogP contribution in [-0.4, -0.2) is 23.0 Å². The third-order valence-corrected chi connectivity index (χ3v) is 3.82. The summed E-state index contributed by atoms with van der Waals surface area (Å²) >= 11 is 6.72. The molecule has 0 amide bonds. The quantitative estimate of drug-likeness (QED) is 0.484.